The van der Waals surface area contributed by atoms with Gasteiger partial charge in [-0.15, -0.1) is 6.58 Å². The van der Waals surface area contributed by atoms with Crippen molar-refractivity contribution < 1.29 is 0 Å². The van der Waals surface area contributed by atoms with E-state index in [-0.39, 0.29) is 0 Å². The Morgan fingerprint density at radius 2 is 2.00 bits per heavy atom. The molecule has 1 heteroatoms. The molecule has 0 spiro atoms. The summed E-state index contributed by atoms with van der Waals surface area (Å²) in [6.45, 7) is 8.21. The SMILES string of the molecule is C=CCC(CCC)CCC(C)S. The van der Waals surface area contributed by atoms with E-state index < -0.39 is 0 Å². The zero-order valence-corrected chi connectivity index (χ0v) is 9.32. The van der Waals surface area contributed by atoms with Crippen molar-refractivity contribution in [2.45, 2.75) is 51.2 Å². The molecule has 0 amide bonds. The molecule has 0 nitrogen and oxygen atoms in total. The van der Waals surface area contributed by atoms with Gasteiger partial charge in [0.1, 0.15) is 0 Å². The van der Waals surface area contributed by atoms with Gasteiger partial charge in [0.15, 0.2) is 0 Å². The number of allylic oxidation sites excluding steroid dienone is 1. The maximum absolute atomic E-state index is 4.38. The van der Waals surface area contributed by atoms with Crippen molar-refractivity contribution in [3.8, 4) is 0 Å². The third-order valence-corrected chi connectivity index (χ3v) is 2.45. The second-order valence-corrected chi connectivity index (χ2v) is 4.49. The summed E-state index contributed by atoms with van der Waals surface area (Å²) < 4.78 is 0. The molecule has 0 fully saturated rings. The van der Waals surface area contributed by atoms with Crippen LogP contribution in [0.3, 0.4) is 0 Å². The van der Waals surface area contributed by atoms with E-state index in [0.29, 0.717) is 5.25 Å². The summed E-state index contributed by atoms with van der Waals surface area (Å²) in [4.78, 5) is 0. The fourth-order valence-corrected chi connectivity index (χ4v) is 1.65. The molecule has 0 N–H and O–H groups in total. The van der Waals surface area contributed by atoms with Crippen molar-refractivity contribution in [2.24, 2.45) is 5.92 Å². The van der Waals surface area contributed by atoms with E-state index in [1.165, 1.54) is 32.1 Å². The number of hydrogen-bond acceptors (Lipinski definition) is 1. The van der Waals surface area contributed by atoms with Crippen LogP contribution in [0.25, 0.3) is 0 Å². The van der Waals surface area contributed by atoms with Crippen LogP contribution >= 0.6 is 12.6 Å². The van der Waals surface area contributed by atoms with Crippen LogP contribution in [0.4, 0.5) is 0 Å². The largest absolute Gasteiger partial charge is 0.176 e. The smallest absolute Gasteiger partial charge is 0.00115 e. The predicted molar refractivity (Wildman–Crippen MR) is 60.9 cm³/mol. The van der Waals surface area contributed by atoms with Gasteiger partial charge >= 0.3 is 0 Å². The molecular formula is C11H22S. The quantitative estimate of drug-likeness (QED) is 0.449. The van der Waals surface area contributed by atoms with Crippen molar-refractivity contribution in [1.29, 1.82) is 0 Å². The minimum absolute atomic E-state index is 0.550. The lowest BCUT2D eigenvalue weighted by Gasteiger charge is -2.14. The van der Waals surface area contributed by atoms with Crippen LogP contribution in [0.5, 0.6) is 0 Å². The van der Waals surface area contributed by atoms with Crippen LogP contribution in [0, 0.1) is 5.92 Å². The van der Waals surface area contributed by atoms with E-state index in [1.54, 1.807) is 0 Å². The van der Waals surface area contributed by atoms with Gasteiger partial charge in [-0.3, -0.25) is 0 Å². The van der Waals surface area contributed by atoms with Gasteiger partial charge in [0.2, 0.25) is 0 Å². The van der Waals surface area contributed by atoms with Crippen LogP contribution in [-0.4, -0.2) is 5.25 Å². The molecule has 72 valence electrons. The van der Waals surface area contributed by atoms with Gasteiger partial charge in [-0.05, 0) is 30.4 Å². The Labute approximate surface area is 82.9 Å². The van der Waals surface area contributed by atoms with Crippen LogP contribution in [0.2, 0.25) is 0 Å². The Hall–Kier alpha value is 0.0900. The third-order valence-electron chi connectivity index (χ3n) is 2.19. The Balaban J connectivity index is 3.54. The molecule has 0 rings (SSSR count). The fourth-order valence-electron chi connectivity index (χ4n) is 1.50. The zero-order chi connectivity index (χ0) is 9.40. The monoisotopic (exact) mass is 186 g/mol. The number of rotatable bonds is 7. The first-order chi connectivity index (χ1) is 5.70. The summed E-state index contributed by atoms with van der Waals surface area (Å²) in [5.41, 5.74) is 0. The maximum atomic E-state index is 4.38. The highest BCUT2D eigenvalue weighted by Crippen LogP contribution is 2.20. The van der Waals surface area contributed by atoms with Crippen LogP contribution in [0.15, 0.2) is 12.7 Å². The molecule has 0 saturated carbocycles. The minimum atomic E-state index is 0.550. The molecule has 0 heterocycles. The summed E-state index contributed by atoms with van der Waals surface area (Å²) in [5, 5.41) is 0.550. The van der Waals surface area contributed by atoms with Gasteiger partial charge in [0.05, 0.1) is 0 Å². The molecule has 0 aromatic carbocycles. The Kier molecular flexibility index (Phi) is 7.78. The molecule has 12 heavy (non-hydrogen) atoms. The predicted octanol–water partition coefficient (Wildman–Crippen LogP) is 4.08. The summed E-state index contributed by atoms with van der Waals surface area (Å²) in [5.74, 6) is 0.849. The zero-order valence-electron chi connectivity index (χ0n) is 8.42. The van der Waals surface area contributed by atoms with Crippen molar-refractivity contribution in [2.75, 3.05) is 0 Å². The van der Waals surface area contributed by atoms with Crippen LogP contribution in [0.1, 0.15) is 46.0 Å². The Morgan fingerprint density at radius 3 is 2.42 bits per heavy atom. The lowest BCUT2D eigenvalue weighted by Crippen LogP contribution is -2.02. The average Bonchev–Trinajstić information content (AvgIpc) is 2.01. The van der Waals surface area contributed by atoms with E-state index in [9.17, 15) is 0 Å². The van der Waals surface area contributed by atoms with Gasteiger partial charge in [-0.2, -0.15) is 12.6 Å². The number of hydrogen-bond donors (Lipinski definition) is 1. The minimum Gasteiger partial charge on any atom is -0.176 e. The normalized spacial score (nSPS) is 15.6. The molecule has 0 aliphatic rings. The topological polar surface area (TPSA) is 0 Å². The molecule has 0 radical (unpaired) electrons. The van der Waals surface area contributed by atoms with Crippen molar-refractivity contribution in [3.05, 3.63) is 12.7 Å². The fraction of sp³-hybridized carbons (Fsp3) is 0.818. The summed E-state index contributed by atoms with van der Waals surface area (Å²) in [6, 6.07) is 0. The van der Waals surface area contributed by atoms with Gasteiger partial charge in [0, 0.05) is 0 Å². The first-order valence-electron chi connectivity index (χ1n) is 4.99. The van der Waals surface area contributed by atoms with E-state index >= 15 is 0 Å². The molecule has 0 aliphatic heterocycles. The highest BCUT2D eigenvalue weighted by atomic mass is 32.1. The van der Waals surface area contributed by atoms with Crippen LogP contribution < -0.4 is 0 Å². The van der Waals surface area contributed by atoms with Gasteiger partial charge in [0.25, 0.3) is 0 Å². The second kappa shape index (κ2) is 7.72. The highest BCUT2D eigenvalue weighted by molar-refractivity contribution is 7.80. The molecular weight excluding hydrogens is 164 g/mol. The van der Waals surface area contributed by atoms with E-state index in [1.807, 2.05) is 6.08 Å². The number of thiol groups is 1. The summed E-state index contributed by atoms with van der Waals surface area (Å²) >= 11 is 4.38. The van der Waals surface area contributed by atoms with Gasteiger partial charge in [-0.25, -0.2) is 0 Å². The van der Waals surface area contributed by atoms with E-state index in [2.05, 4.69) is 33.1 Å². The van der Waals surface area contributed by atoms with Crippen molar-refractivity contribution >= 4 is 12.6 Å². The highest BCUT2D eigenvalue weighted by Gasteiger charge is 2.06. The van der Waals surface area contributed by atoms with Gasteiger partial charge in [-0.1, -0.05) is 32.8 Å². The van der Waals surface area contributed by atoms with Crippen LogP contribution in [-0.2, 0) is 0 Å². The standard InChI is InChI=1S/C11H22S/c1-4-6-11(7-5-2)9-8-10(3)12/h4,10-12H,1,5-9H2,2-3H3. The van der Waals surface area contributed by atoms with E-state index in [4.69, 9.17) is 0 Å². The van der Waals surface area contributed by atoms with Crippen molar-refractivity contribution in [3.63, 3.8) is 0 Å². The lowest BCUT2D eigenvalue weighted by atomic mass is 9.94. The lowest BCUT2D eigenvalue weighted by molar-refractivity contribution is 0.437. The van der Waals surface area contributed by atoms with Gasteiger partial charge < -0.3 is 0 Å². The first-order valence-corrected chi connectivity index (χ1v) is 5.51. The molecule has 2 unspecified atom stereocenters. The average molecular weight is 186 g/mol. The maximum Gasteiger partial charge on any atom is -0.00115 e. The summed E-state index contributed by atoms with van der Waals surface area (Å²) in [7, 11) is 0. The molecule has 0 aromatic rings. The van der Waals surface area contributed by atoms with Crippen molar-refractivity contribution in [1.82, 2.24) is 0 Å². The second-order valence-electron chi connectivity index (χ2n) is 3.61. The summed E-state index contributed by atoms with van der Waals surface area (Å²) in [6.07, 6.45) is 8.40. The van der Waals surface area contributed by atoms with E-state index in [0.717, 1.165) is 5.92 Å². The molecule has 2 atom stereocenters. The molecule has 0 aliphatic carbocycles. The Bertz CT molecular complexity index is 108. The third kappa shape index (κ3) is 6.78. The molecule has 0 saturated heterocycles. The molecule has 0 aromatic heterocycles. The first kappa shape index (κ1) is 12.1. The molecule has 0 bridgehead atoms. The Morgan fingerprint density at radius 1 is 1.33 bits per heavy atom.